The Morgan fingerprint density at radius 3 is 2.80 bits per heavy atom. The molecular weight excluding hydrogens is 528 g/mol. The highest BCUT2D eigenvalue weighted by atomic mass is 32.1. The van der Waals surface area contributed by atoms with Crippen LogP contribution < -0.4 is 20.1 Å². The maximum absolute atomic E-state index is 13.1. The largest absolute Gasteiger partial charge is 0.497 e. The first-order valence-electron chi connectivity index (χ1n) is 14.5. The number of fused-ring (bicyclic) bond motifs is 2. The maximum Gasteiger partial charge on any atom is 0.223 e. The van der Waals surface area contributed by atoms with E-state index >= 15 is 0 Å². The van der Waals surface area contributed by atoms with E-state index in [9.17, 15) is 9.90 Å². The Labute approximate surface area is 241 Å². The van der Waals surface area contributed by atoms with Crippen LogP contribution in [0.1, 0.15) is 50.1 Å². The van der Waals surface area contributed by atoms with E-state index in [4.69, 9.17) is 19.2 Å². The number of rotatable bonds is 9. The van der Waals surface area contributed by atoms with Gasteiger partial charge in [0.25, 0.3) is 0 Å². The molecule has 0 unspecified atom stereocenters. The van der Waals surface area contributed by atoms with Crippen LogP contribution in [0.3, 0.4) is 0 Å². The number of thiazole rings is 1. The van der Waals surface area contributed by atoms with E-state index in [1.165, 1.54) is 4.88 Å². The van der Waals surface area contributed by atoms with Crippen molar-refractivity contribution in [2.24, 2.45) is 23.2 Å². The fourth-order valence-electron chi connectivity index (χ4n) is 7.14. The summed E-state index contributed by atoms with van der Waals surface area (Å²) in [4.78, 5) is 21.7. The number of morpholine rings is 1. The summed E-state index contributed by atoms with van der Waals surface area (Å²) in [6.07, 6.45) is 2.16. The minimum absolute atomic E-state index is 0.0354. The summed E-state index contributed by atoms with van der Waals surface area (Å²) in [5, 5.41) is 19.2. The van der Waals surface area contributed by atoms with Crippen molar-refractivity contribution in [3.05, 3.63) is 28.8 Å². The molecule has 9 nitrogen and oxygen atoms in total. The van der Waals surface area contributed by atoms with E-state index < -0.39 is 6.10 Å². The number of benzene rings is 1. The van der Waals surface area contributed by atoms with Crippen LogP contribution in [0.25, 0.3) is 0 Å². The second-order valence-electron chi connectivity index (χ2n) is 11.9. The quantitative estimate of drug-likeness (QED) is 0.414. The molecule has 2 aromatic rings. The number of hydrogen-bond donors (Lipinski definition) is 3. The number of aliphatic hydroxyl groups excluding tert-OH is 1. The van der Waals surface area contributed by atoms with Gasteiger partial charge in [0.05, 0.1) is 44.9 Å². The van der Waals surface area contributed by atoms with Gasteiger partial charge in [-0.05, 0) is 48.6 Å². The fourth-order valence-corrected chi connectivity index (χ4v) is 8.42. The Bertz CT molecular complexity index is 1180. The molecule has 1 aromatic heterocycles. The smallest absolute Gasteiger partial charge is 0.223 e. The molecule has 1 saturated carbocycles. The van der Waals surface area contributed by atoms with Crippen LogP contribution >= 0.6 is 11.3 Å². The monoisotopic (exact) mass is 572 g/mol. The third kappa shape index (κ3) is 5.82. The molecule has 1 aromatic carbocycles. The number of hydrogen-bond acceptors (Lipinski definition) is 9. The fraction of sp³-hybridized carbons (Fsp3) is 0.667. The lowest BCUT2D eigenvalue weighted by molar-refractivity contribution is -0.134. The minimum atomic E-state index is -0.557. The predicted molar refractivity (Wildman–Crippen MR) is 157 cm³/mol. The van der Waals surface area contributed by atoms with Crippen molar-refractivity contribution < 1.29 is 24.1 Å². The topological polar surface area (TPSA) is 105 Å². The Hall–Kier alpha value is -2.40. The van der Waals surface area contributed by atoms with Crippen LogP contribution in [0.2, 0.25) is 0 Å². The second-order valence-corrected chi connectivity index (χ2v) is 13.0. The molecular formula is C30H44N4O5S. The van der Waals surface area contributed by atoms with Crippen molar-refractivity contribution in [3.8, 4) is 11.5 Å². The van der Waals surface area contributed by atoms with E-state index in [1.807, 2.05) is 25.1 Å². The van der Waals surface area contributed by atoms with E-state index in [0.29, 0.717) is 6.54 Å². The van der Waals surface area contributed by atoms with Gasteiger partial charge in [0.1, 0.15) is 11.5 Å². The molecule has 3 aliphatic rings. The molecule has 2 aliphatic carbocycles. The van der Waals surface area contributed by atoms with Crippen molar-refractivity contribution in [1.29, 1.82) is 0 Å². The molecule has 2 fully saturated rings. The number of ether oxygens (including phenoxy) is 3. The lowest BCUT2D eigenvalue weighted by Crippen LogP contribution is -2.53. The molecule has 1 aliphatic heterocycles. The van der Waals surface area contributed by atoms with Gasteiger partial charge in [0.2, 0.25) is 5.91 Å². The number of anilines is 2. The first-order chi connectivity index (χ1) is 19.2. The average molecular weight is 573 g/mol. The first-order valence-corrected chi connectivity index (χ1v) is 15.3. The molecule has 1 saturated heterocycles. The third-order valence-corrected chi connectivity index (χ3v) is 10.4. The van der Waals surface area contributed by atoms with Crippen LogP contribution in [0, 0.1) is 23.2 Å². The molecule has 1 amide bonds. The lowest BCUT2D eigenvalue weighted by atomic mass is 9.53. The standard InChI is InChI=1S/C30H44N4O5S/c1-18(28(36)31-10-11-34-12-14-39-15-13-34)21-8-9-30(3)17-24-26(19(2)25(30)27(21)35)33-29(40-24)32-22-16-20(37-4)6-7-23(22)38-5/h6-7,16,18-19,21,25,27,35H,8-15,17H2,1-5H3,(H,31,36)(H,32,33)/t18-,19-,21+,25+,27-,30-/m0/s1. The second kappa shape index (κ2) is 12.2. The van der Waals surface area contributed by atoms with Gasteiger partial charge < -0.3 is 30.0 Å². The zero-order chi connectivity index (χ0) is 28.4. The number of carbonyl (C=O) groups excluding carboxylic acids is 1. The Kier molecular flexibility index (Phi) is 8.89. The zero-order valence-electron chi connectivity index (χ0n) is 24.4. The maximum atomic E-state index is 13.1. The van der Waals surface area contributed by atoms with Crippen LogP contribution in [-0.4, -0.2) is 80.6 Å². The van der Waals surface area contributed by atoms with Gasteiger partial charge in [0, 0.05) is 49.0 Å². The SMILES string of the molecule is COc1ccc(OC)c(Nc2nc3c(s2)C[C@]2(C)CC[C@H]([C@H](C)C(=O)NCCN4CCOCC4)[C@H](O)[C@H]2[C@@H]3C)c1. The first kappa shape index (κ1) is 29.1. The van der Waals surface area contributed by atoms with Gasteiger partial charge in [0.15, 0.2) is 5.13 Å². The third-order valence-electron chi connectivity index (χ3n) is 9.46. The highest BCUT2D eigenvalue weighted by molar-refractivity contribution is 7.15. The van der Waals surface area contributed by atoms with Gasteiger partial charge in [-0.25, -0.2) is 4.98 Å². The van der Waals surface area contributed by atoms with E-state index in [2.05, 4.69) is 29.4 Å². The van der Waals surface area contributed by atoms with E-state index in [1.54, 1.807) is 25.6 Å². The van der Waals surface area contributed by atoms with E-state index in [-0.39, 0.29) is 35.0 Å². The number of aromatic nitrogens is 1. The normalized spacial score (nSPS) is 29.1. The molecule has 6 atom stereocenters. The van der Waals surface area contributed by atoms with E-state index in [0.717, 1.165) is 80.1 Å². The Balaban J connectivity index is 1.27. The van der Waals surface area contributed by atoms with Gasteiger partial charge in [-0.2, -0.15) is 0 Å². The number of amides is 1. The van der Waals surface area contributed by atoms with Crippen molar-refractivity contribution in [2.75, 3.05) is 58.9 Å². The Morgan fingerprint density at radius 1 is 1.30 bits per heavy atom. The molecule has 220 valence electrons. The number of methoxy groups -OCH3 is 2. The summed E-state index contributed by atoms with van der Waals surface area (Å²) >= 11 is 1.68. The van der Waals surface area contributed by atoms with Crippen molar-refractivity contribution in [2.45, 2.75) is 52.1 Å². The molecule has 0 spiro atoms. The van der Waals surface area contributed by atoms with Gasteiger partial charge in [-0.15, -0.1) is 11.3 Å². The lowest BCUT2D eigenvalue weighted by Gasteiger charge is -2.53. The summed E-state index contributed by atoms with van der Waals surface area (Å²) < 4.78 is 16.4. The van der Waals surface area contributed by atoms with Gasteiger partial charge in [-0.1, -0.05) is 20.8 Å². The number of nitrogens with zero attached hydrogens (tertiary/aromatic N) is 2. The van der Waals surface area contributed by atoms with Crippen LogP contribution in [0.15, 0.2) is 18.2 Å². The van der Waals surface area contributed by atoms with Crippen LogP contribution in [-0.2, 0) is 16.0 Å². The number of aliphatic hydroxyl groups is 1. The average Bonchev–Trinajstić information content (AvgIpc) is 3.35. The van der Waals surface area contributed by atoms with Crippen molar-refractivity contribution in [1.82, 2.24) is 15.2 Å². The minimum Gasteiger partial charge on any atom is -0.497 e. The molecule has 0 radical (unpaired) electrons. The van der Waals surface area contributed by atoms with Gasteiger partial charge >= 0.3 is 0 Å². The number of nitrogens with one attached hydrogen (secondary N) is 2. The van der Waals surface area contributed by atoms with Crippen molar-refractivity contribution >= 4 is 28.1 Å². The summed E-state index contributed by atoms with van der Waals surface area (Å²) in [6.45, 7) is 11.3. The molecule has 2 heterocycles. The highest BCUT2D eigenvalue weighted by Gasteiger charge is 2.53. The van der Waals surface area contributed by atoms with Gasteiger partial charge in [-0.3, -0.25) is 9.69 Å². The predicted octanol–water partition coefficient (Wildman–Crippen LogP) is 4.04. The summed E-state index contributed by atoms with van der Waals surface area (Å²) in [5.41, 5.74) is 1.82. The molecule has 3 N–H and O–H groups in total. The summed E-state index contributed by atoms with van der Waals surface area (Å²) in [5.74, 6) is 1.32. The molecule has 10 heteroatoms. The summed E-state index contributed by atoms with van der Waals surface area (Å²) in [6, 6.07) is 5.66. The summed E-state index contributed by atoms with van der Waals surface area (Å²) in [7, 11) is 3.29. The molecule has 0 bridgehead atoms. The highest BCUT2D eigenvalue weighted by Crippen LogP contribution is 2.57. The zero-order valence-corrected chi connectivity index (χ0v) is 25.2. The van der Waals surface area contributed by atoms with Crippen molar-refractivity contribution in [3.63, 3.8) is 0 Å². The molecule has 40 heavy (non-hydrogen) atoms. The van der Waals surface area contributed by atoms with Crippen LogP contribution in [0.4, 0.5) is 10.8 Å². The number of carbonyl (C=O) groups is 1. The Morgan fingerprint density at radius 2 is 2.08 bits per heavy atom. The van der Waals surface area contributed by atoms with Crippen LogP contribution in [0.5, 0.6) is 11.5 Å². The molecule has 5 rings (SSSR count).